The minimum absolute atomic E-state index is 0.0372. The van der Waals surface area contributed by atoms with E-state index >= 15 is 0 Å². The van der Waals surface area contributed by atoms with Crippen LogP contribution in [-0.2, 0) is 0 Å². The molecule has 0 aliphatic carbocycles. The fourth-order valence-electron chi connectivity index (χ4n) is 2.04. The van der Waals surface area contributed by atoms with Gasteiger partial charge in [-0.1, -0.05) is 46.3 Å². The first-order valence-corrected chi connectivity index (χ1v) is 7.69. The van der Waals surface area contributed by atoms with Gasteiger partial charge in [-0.15, -0.1) is 0 Å². The van der Waals surface area contributed by atoms with E-state index in [1.165, 1.54) is 0 Å². The molecule has 0 spiro atoms. The molecule has 2 nitrogen and oxygen atoms in total. The van der Waals surface area contributed by atoms with Crippen LogP contribution in [-0.4, -0.2) is 12.9 Å². The molecule has 0 amide bonds. The van der Waals surface area contributed by atoms with Gasteiger partial charge in [-0.25, -0.2) is 0 Å². The summed E-state index contributed by atoms with van der Waals surface area (Å²) in [4.78, 5) is 12.2. The Balaban J connectivity index is 2.21. The first kappa shape index (κ1) is 16.2. The molecule has 0 saturated heterocycles. The minimum Gasteiger partial charge on any atom is -0.497 e. The van der Waals surface area contributed by atoms with Crippen molar-refractivity contribution in [2.75, 3.05) is 7.11 Å². The van der Waals surface area contributed by atoms with Gasteiger partial charge >= 0.3 is 0 Å². The van der Waals surface area contributed by atoms with Gasteiger partial charge < -0.3 is 4.74 Å². The number of rotatable bonds is 5. The topological polar surface area (TPSA) is 26.3 Å². The number of ether oxygens (including phenoxy) is 1. The van der Waals surface area contributed by atoms with Crippen molar-refractivity contribution in [2.24, 2.45) is 0 Å². The monoisotopic (exact) mass is 356 g/mol. The van der Waals surface area contributed by atoms with Crippen LogP contribution in [0.2, 0.25) is 0 Å². The summed E-state index contributed by atoms with van der Waals surface area (Å²) in [5.74, 6) is 0.700. The fraction of sp³-hybridized carbons (Fsp3) is 0.105. The van der Waals surface area contributed by atoms with E-state index in [-0.39, 0.29) is 5.78 Å². The number of halogens is 1. The summed E-state index contributed by atoms with van der Waals surface area (Å²) in [6.07, 6.45) is 3.43. The Bertz CT molecular complexity index is 694. The standard InChI is InChI=1S/C19H17BrO2/c1-14(20)18(15-6-4-3-5-7-15)12-13-19(21)16-8-10-17(22-2)11-9-16/h3-13H,1-2H3/b13-12+,18-14-. The number of methoxy groups -OCH3 is 1. The third-order valence-electron chi connectivity index (χ3n) is 3.23. The Morgan fingerprint density at radius 1 is 0.955 bits per heavy atom. The molecule has 0 radical (unpaired) electrons. The van der Waals surface area contributed by atoms with Crippen LogP contribution in [0.4, 0.5) is 0 Å². The van der Waals surface area contributed by atoms with E-state index in [1.807, 2.05) is 43.3 Å². The van der Waals surface area contributed by atoms with Crippen LogP contribution in [0.25, 0.3) is 5.57 Å². The number of carbonyl (C=O) groups excluding carboxylic acids is 1. The van der Waals surface area contributed by atoms with E-state index < -0.39 is 0 Å². The minimum atomic E-state index is -0.0372. The van der Waals surface area contributed by atoms with Crippen molar-refractivity contribution in [3.8, 4) is 5.75 Å². The number of benzene rings is 2. The molecule has 0 atom stereocenters. The van der Waals surface area contributed by atoms with Crippen LogP contribution in [0.15, 0.2) is 71.2 Å². The summed E-state index contributed by atoms with van der Waals surface area (Å²) >= 11 is 3.50. The van der Waals surface area contributed by atoms with Gasteiger partial charge in [-0.3, -0.25) is 4.79 Å². The largest absolute Gasteiger partial charge is 0.497 e. The average molecular weight is 357 g/mol. The van der Waals surface area contributed by atoms with Gasteiger partial charge in [0.2, 0.25) is 0 Å². The fourth-order valence-corrected chi connectivity index (χ4v) is 2.40. The van der Waals surface area contributed by atoms with Gasteiger partial charge in [0.1, 0.15) is 5.75 Å². The molecule has 3 heteroatoms. The summed E-state index contributed by atoms with van der Waals surface area (Å²) in [6.45, 7) is 1.96. The second kappa shape index (κ2) is 7.76. The first-order chi connectivity index (χ1) is 10.6. The van der Waals surface area contributed by atoms with E-state index in [2.05, 4.69) is 15.9 Å². The van der Waals surface area contributed by atoms with E-state index in [1.54, 1.807) is 37.5 Å². The average Bonchev–Trinajstić information content (AvgIpc) is 2.55. The SMILES string of the molecule is COc1ccc(C(=O)/C=C/C(=C(\C)Br)c2ccccc2)cc1. The summed E-state index contributed by atoms with van der Waals surface area (Å²) < 4.78 is 6.08. The summed E-state index contributed by atoms with van der Waals surface area (Å²) in [6, 6.07) is 17.0. The summed E-state index contributed by atoms with van der Waals surface area (Å²) in [7, 11) is 1.60. The molecule has 22 heavy (non-hydrogen) atoms. The molecule has 0 aliphatic heterocycles. The lowest BCUT2D eigenvalue weighted by molar-refractivity contribution is 0.104. The quantitative estimate of drug-likeness (QED) is 0.415. The maximum Gasteiger partial charge on any atom is 0.185 e. The summed E-state index contributed by atoms with van der Waals surface area (Å²) in [5, 5.41) is 0. The molecule has 0 heterocycles. The van der Waals surface area contributed by atoms with E-state index in [0.29, 0.717) is 5.56 Å². The Labute approximate surface area is 139 Å². The smallest absolute Gasteiger partial charge is 0.185 e. The molecule has 0 unspecified atom stereocenters. The number of ketones is 1. The second-order valence-corrected chi connectivity index (χ2v) is 5.93. The highest BCUT2D eigenvalue weighted by Crippen LogP contribution is 2.24. The number of hydrogen-bond acceptors (Lipinski definition) is 2. The molecule has 0 N–H and O–H groups in total. The second-order valence-electron chi connectivity index (χ2n) is 4.74. The highest BCUT2D eigenvalue weighted by molar-refractivity contribution is 9.11. The van der Waals surface area contributed by atoms with Crippen LogP contribution in [0, 0.1) is 0 Å². The van der Waals surface area contributed by atoms with Crippen molar-refractivity contribution >= 4 is 27.3 Å². The Kier molecular flexibility index (Phi) is 5.73. The van der Waals surface area contributed by atoms with Crippen LogP contribution in [0.1, 0.15) is 22.8 Å². The van der Waals surface area contributed by atoms with Gasteiger partial charge in [0, 0.05) is 5.56 Å². The van der Waals surface area contributed by atoms with Crippen LogP contribution < -0.4 is 4.74 Å². The number of hydrogen-bond donors (Lipinski definition) is 0. The molecule has 0 aliphatic rings. The predicted octanol–water partition coefficient (Wildman–Crippen LogP) is 5.26. The lowest BCUT2D eigenvalue weighted by Gasteiger charge is -2.04. The number of allylic oxidation sites excluding steroid dienone is 4. The molecular weight excluding hydrogens is 340 g/mol. The maximum atomic E-state index is 12.2. The van der Waals surface area contributed by atoms with Crippen LogP contribution in [0.5, 0.6) is 5.75 Å². The van der Waals surface area contributed by atoms with Gasteiger partial charge in [0.15, 0.2) is 5.78 Å². The van der Waals surface area contributed by atoms with Gasteiger partial charge in [-0.2, -0.15) is 0 Å². The molecule has 2 aromatic carbocycles. The Morgan fingerprint density at radius 3 is 2.14 bits per heavy atom. The van der Waals surface area contributed by atoms with Gasteiger partial charge in [-0.05, 0) is 59.0 Å². The van der Waals surface area contributed by atoms with E-state index in [4.69, 9.17) is 4.74 Å². The zero-order chi connectivity index (χ0) is 15.9. The molecule has 112 valence electrons. The van der Waals surface area contributed by atoms with Crippen molar-refractivity contribution in [3.63, 3.8) is 0 Å². The zero-order valence-electron chi connectivity index (χ0n) is 12.5. The van der Waals surface area contributed by atoms with Crippen molar-refractivity contribution in [2.45, 2.75) is 6.92 Å². The highest BCUT2D eigenvalue weighted by atomic mass is 79.9. The van der Waals surface area contributed by atoms with E-state index in [0.717, 1.165) is 21.4 Å². The molecule has 2 rings (SSSR count). The molecule has 0 bridgehead atoms. The van der Waals surface area contributed by atoms with Crippen molar-refractivity contribution in [3.05, 3.63) is 82.4 Å². The number of carbonyl (C=O) groups is 1. The normalized spacial score (nSPS) is 12.1. The molecular formula is C19H17BrO2. The third-order valence-corrected chi connectivity index (χ3v) is 3.66. The summed E-state index contributed by atoms with van der Waals surface area (Å²) in [5.41, 5.74) is 2.69. The van der Waals surface area contributed by atoms with Gasteiger partial charge in [0.25, 0.3) is 0 Å². The maximum absolute atomic E-state index is 12.2. The first-order valence-electron chi connectivity index (χ1n) is 6.90. The van der Waals surface area contributed by atoms with E-state index in [9.17, 15) is 4.79 Å². The lowest BCUT2D eigenvalue weighted by atomic mass is 10.0. The molecule has 2 aromatic rings. The van der Waals surface area contributed by atoms with Crippen molar-refractivity contribution in [1.29, 1.82) is 0 Å². The van der Waals surface area contributed by atoms with Crippen LogP contribution >= 0.6 is 15.9 Å². The van der Waals surface area contributed by atoms with Crippen LogP contribution in [0.3, 0.4) is 0 Å². The Morgan fingerprint density at radius 2 is 1.59 bits per heavy atom. The molecule has 0 saturated carbocycles. The van der Waals surface area contributed by atoms with Crippen molar-refractivity contribution < 1.29 is 9.53 Å². The highest BCUT2D eigenvalue weighted by Gasteiger charge is 2.04. The Hall–Kier alpha value is -2.13. The predicted molar refractivity (Wildman–Crippen MR) is 94.4 cm³/mol. The van der Waals surface area contributed by atoms with Gasteiger partial charge in [0.05, 0.1) is 7.11 Å². The zero-order valence-corrected chi connectivity index (χ0v) is 14.1. The molecule has 0 fully saturated rings. The third kappa shape index (κ3) is 4.18. The molecule has 0 aromatic heterocycles. The van der Waals surface area contributed by atoms with Crippen molar-refractivity contribution in [1.82, 2.24) is 0 Å². The lowest BCUT2D eigenvalue weighted by Crippen LogP contribution is -1.95.